The molecule has 0 aliphatic carbocycles. The van der Waals surface area contributed by atoms with E-state index in [1.165, 1.54) is 0 Å². The van der Waals surface area contributed by atoms with E-state index < -0.39 is 0 Å². The van der Waals surface area contributed by atoms with Crippen molar-refractivity contribution in [1.29, 1.82) is 0 Å². The lowest BCUT2D eigenvalue weighted by molar-refractivity contribution is -0.862. The quantitative estimate of drug-likeness (QED) is 0.654. The van der Waals surface area contributed by atoms with Gasteiger partial charge in [-0.3, -0.25) is 9.59 Å². The normalized spacial score (nSPS) is 12.9. The molecule has 0 aliphatic rings. The van der Waals surface area contributed by atoms with Crippen molar-refractivity contribution < 1.29 is 23.6 Å². The molecule has 1 unspecified atom stereocenters. The molecule has 0 saturated heterocycles. The van der Waals surface area contributed by atoms with Gasteiger partial charge in [0.15, 0.2) is 13.1 Å². The number of likely N-dealkylation sites (N-methyl/N-ethyl adjacent to an activating group) is 1. The van der Waals surface area contributed by atoms with Crippen molar-refractivity contribution in [3.05, 3.63) is 48.4 Å². The van der Waals surface area contributed by atoms with E-state index in [9.17, 15) is 9.59 Å². The van der Waals surface area contributed by atoms with Gasteiger partial charge in [-0.05, 0) is 43.3 Å². The van der Waals surface area contributed by atoms with Gasteiger partial charge >= 0.3 is 0 Å². The molecule has 7 nitrogen and oxygen atoms in total. The second-order valence-electron chi connectivity index (χ2n) is 5.89. The maximum Gasteiger partial charge on any atom is 0.279 e. The summed E-state index contributed by atoms with van der Waals surface area (Å²) in [5.74, 6) is 1.12. The molecule has 2 atom stereocenters. The largest absolute Gasteiger partial charge is 0.497 e. The topological polar surface area (TPSA) is 85.0 Å². The Labute approximate surface area is 146 Å². The van der Waals surface area contributed by atoms with E-state index in [4.69, 9.17) is 9.15 Å². The Kier molecular flexibility index (Phi) is 6.59. The molecule has 0 radical (unpaired) electrons. The second-order valence-corrected chi connectivity index (χ2v) is 5.89. The summed E-state index contributed by atoms with van der Waals surface area (Å²) in [5.41, 5.74) is 0.689. The van der Waals surface area contributed by atoms with Crippen molar-refractivity contribution in [2.24, 2.45) is 0 Å². The van der Waals surface area contributed by atoms with Crippen LogP contribution in [-0.4, -0.2) is 39.1 Å². The first kappa shape index (κ1) is 18.5. The first-order valence-electron chi connectivity index (χ1n) is 8.06. The van der Waals surface area contributed by atoms with E-state index in [0.717, 1.165) is 10.6 Å². The fraction of sp³-hybridized carbons (Fsp3) is 0.333. The van der Waals surface area contributed by atoms with Crippen molar-refractivity contribution in [2.45, 2.75) is 13.0 Å². The zero-order valence-corrected chi connectivity index (χ0v) is 14.7. The Morgan fingerprint density at radius 1 is 1.16 bits per heavy atom. The monoisotopic (exact) mass is 346 g/mol. The van der Waals surface area contributed by atoms with Crippen LogP contribution in [0.1, 0.15) is 18.7 Å². The molecular formula is C18H24N3O4+. The molecule has 0 aliphatic heterocycles. The van der Waals surface area contributed by atoms with Crippen LogP contribution < -0.4 is 20.3 Å². The number of furan rings is 1. The number of methoxy groups -OCH3 is 1. The van der Waals surface area contributed by atoms with E-state index in [2.05, 4.69) is 10.6 Å². The van der Waals surface area contributed by atoms with E-state index >= 15 is 0 Å². The Bertz CT molecular complexity index is 683. The minimum Gasteiger partial charge on any atom is -0.497 e. The average Bonchev–Trinajstić information content (AvgIpc) is 3.09. The van der Waals surface area contributed by atoms with Crippen molar-refractivity contribution >= 4 is 17.5 Å². The zero-order valence-electron chi connectivity index (χ0n) is 14.7. The molecule has 1 heterocycles. The maximum absolute atomic E-state index is 12.1. The van der Waals surface area contributed by atoms with Gasteiger partial charge in [0, 0.05) is 5.69 Å². The summed E-state index contributed by atoms with van der Waals surface area (Å²) in [6.45, 7) is 2.23. The molecule has 3 N–H and O–H groups in total. The molecule has 25 heavy (non-hydrogen) atoms. The van der Waals surface area contributed by atoms with Crippen LogP contribution >= 0.6 is 0 Å². The molecule has 0 spiro atoms. The number of amides is 2. The fourth-order valence-corrected chi connectivity index (χ4v) is 2.39. The van der Waals surface area contributed by atoms with Gasteiger partial charge in [-0.25, -0.2) is 0 Å². The predicted octanol–water partition coefficient (Wildman–Crippen LogP) is 0.619. The highest BCUT2D eigenvalue weighted by Crippen LogP contribution is 2.14. The summed E-state index contributed by atoms with van der Waals surface area (Å²) in [6, 6.07) is 10.5. The van der Waals surface area contributed by atoms with Gasteiger partial charge in [0.05, 0.1) is 26.5 Å². The lowest BCUT2D eigenvalue weighted by atomic mass is 10.2. The number of carbonyl (C=O) groups is 2. The molecule has 0 fully saturated rings. The van der Waals surface area contributed by atoms with E-state index in [-0.39, 0.29) is 30.9 Å². The lowest BCUT2D eigenvalue weighted by Gasteiger charge is -2.16. The molecule has 1 aromatic carbocycles. The van der Waals surface area contributed by atoms with Crippen molar-refractivity contribution in [1.82, 2.24) is 5.32 Å². The van der Waals surface area contributed by atoms with E-state index in [1.54, 1.807) is 50.8 Å². The van der Waals surface area contributed by atoms with Crippen LogP contribution in [0.4, 0.5) is 5.69 Å². The van der Waals surface area contributed by atoms with Gasteiger partial charge in [-0.15, -0.1) is 0 Å². The Morgan fingerprint density at radius 2 is 1.84 bits per heavy atom. The Morgan fingerprint density at radius 3 is 2.44 bits per heavy atom. The van der Waals surface area contributed by atoms with Gasteiger partial charge in [0.25, 0.3) is 11.8 Å². The summed E-state index contributed by atoms with van der Waals surface area (Å²) in [4.78, 5) is 24.9. The van der Waals surface area contributed by atoms with Crippen molar-refractivity contribution in [2.75, 3.05) is 32.6 Å². The van der Waals surface area contributed by atoms with Crippen LogP contribution in [0.3, 0.4) is 0 Å². The molecule has 2 amide bonds. The van der Waals surface area contributed by atoms with Crippen LogP contribution in [0.2, 0.25) is 0 Å². The van der Waals surface area contributed by atoms with Gasteiger partial charge < -0.3 is 24.7 Å². The minimum atomic E-state index is -0.205. The third kappa shape index (κ3) is 5.96. The molecule has 1 aromatic heterocycles. The number of nitrogens with one attached hydrogen (secondary N) is 3. The molecule has 2 aromatic rings. The number of rotatable bonds is 8. The van der Waals surface area contributed by atoms with E-state index in [1.807, 2.05) is 13.0 Å². The van der Waals surface area contributed by atoms with Gasteiger partial charge in [0.2, 0.25) is 0 Å². The van der Waals surface area contributed by atoms with Crippen LogP contribution in [0.25, 0.3) is 0 Å². The van der Waals surface area contributed by atoms with Crippen LogP contribution in [-0.2, 0) is 9.59 Å². The predicted molar refractivity (Wildman–Crippen MR) is 93.5 cm³/mol. The summed E-state index contributed by atoms with van der Waals surface area (Å²) in [5, 5.41) is 5.65. The number of ether oxygens (including phenoxy) is 1. The van der Waals surface area contributed by atoms with Crippen molar-refractivity contribution in [3.8, 4) is 5.75 Å². The van der Waals surface area contributed by atoms with E-state index in [0.29, 0.717) is 11.4 Å². The second kappa shape index (κ2) is 8.89. The number of anilines is 1. The number of quaternary nitrogens is 1. The van der Waals surface area contributed by atoms with Gasteiger partial charge in [-0.2, -0.15) is 0 Å². The van der Waals surface area contributed by atoms with Crippen LogP contribution in [0.5, 0.6) is 5.75 Å². The minimum absolute atomic E-state index is 0.140. The molecule has 134 valence electrons. The lowest BCUT2D eigenvalue weighted by Crippen LogP contribution is -3.11. The fourth-order valence-electron chi connectivity index (χ4n) is 2.39. The maximum atomic E-state index is 12.1. The van der Waals surface area contributed by atoms with Gasteiger partial charge in [0.1, 0.15) is 11.5 Å². The summed E-state index contributed by atoms with van der Waals surface area (Å²) in [6.07, 6.45) is 1.57. The average molecular weight is 346 g/mol. The number of hydrogen-bond donors (Lipinski definition) is 3. The SMILES string of the molecule is COc1ccc(NC(=O)C[NH+](C)CC(=O)N[C@@H](C)c2ccco2)cc1. The Balaban J connectivity index is 1.75. The molecular weight excluding hydrogens is 322 g/mol. The zero-order chi connectivity index (χ0) is 18.2. The number of carbonyl (C=O) groups excluding carboxylic acids is 2. The summed E-state index contributed by atoms with van der Waals surface area (Å²) >= 11 is 0. The first-order chi connectivity index (χ1) is 12.0. The molecule has 2 rings (SSSR count). The molecule has 0 bridgehead atoms. The smallest absolute Gasteiger partial charge is 0.279 e. The first-order valence-corrected chi connectivity index (χ1v) is 8.06. The van der Waals surface area contributed by atoms with Gasteiger partial charge in [-0.1, -0.05) is 0 Å². The third-order valence-corrected chi connectivity index (χ3v) is 3.65. The third-order valence-electron chi connectivity index (χ3n) is 3.65. The highest BCUT2D eigenvalue weighted by molar-refractivity contribution is 5.91. The number of hydrogen-bond acceptors (Lipinski definition) is 4. The molecule has 7 heteroatoms. The highest BCUT2D eigenvalue weighted by Gasteiger charge is 2.17. The standard InChI is InChI=1S/C18H23N3O4/c1-13(16-5-4-10-25-16)19-17(22)11-21(2)12-18(23)20-14-6-8-15(24-3)9-7-14/h4-10,13H,11-12H2,1-3H3,(H,19,22)(H,20,23)/p+1/t13-/m0/s1. The van der Waals surface area contributed by atoms with Crippen LogP contribution in [0, 0.1) is 0 Å². The number of benzene rings is 1. The summed E-state index contributed by atoms with van der Waals surface area (Å²) in [7, 11) is 3.38. The highest BCUT2D eigenvalue weighted by atomic mass is 16.5. The molecule has 0 saturated carbocycles. The summed E-state index contributed by atoms with van der Waals surface area (Å²) < 4.78 is 10.3. The van der Waals surface area contributed by atoms with Crippen molar-refractivity contribution in [3.63, 3.8) is 0 Å². The van der Waals surface area contributed by atoms with Crippen LogP contribution in [0.15, 0.2) is 47.1 Å². The Hall–Kier alpha value is -2.80.